The van der Waals surface area contributed by atoms with E-state index in [1.165, 1.54) is 20.2 Å². The first-order valence-electron chi connectivity index (χ1n) is 6.70. The molecule has 4 rings (SSSR count). The number of nitrogens with zero attached hydrogens (tertiary/aromatic N) is 4. The van der Waals surface area contributed by atoms with Crippen LogP contribution in [0.5, 0.6) is 0 Å². The molecule has 2 N–H and O–H groups in total. The van der Waals surface area contributed by atoms with Crippen molar-refractivity contribution >= 4 is 39.2 Å². The van der Waals surface area contributed by atoms with Crippen LogP contribution >= 0.6 is 20.5 Å². The van der Waals surface area contributed by atoms with E-state index in [2.05, 4.69) is 27.6 Å². The first-order chi connectivity index (χ1) is 10.5. The molecule has 2 aliphatic rings. The summed E-state index contributed by atoms with van der Waals surface area (Å²) in [6, 6.07) is 0. The molecular weight excluding hydrogens is 330 g/mol. The fraction of sp³-hybridized carbons (Fsp3) is 0.500. The van der Waals surface area contributed by atoms with Crippen LogP contribution in [0.1, 0.15) is 6.23 Å². The van der Waals surface area contributed by atoms with Gasteiger partial charge in [0.05, 0.1) is 0 Å². The van der Waals surface area contributed by atoms with Crippen LogP contribution in [0.3, 0.4) is 0 Å². The predicted octanol–water partition coefficient (Wildman–Crippen LogP) is -1.18. The summed E-state index contributed by atoms with van der Waals surface area (Å²) in [7, 11) is -1.69. The number of hydrogen-bond donors (Lipinski definition) is 3. The van der Waals surface area contributed by atoms with Gasteiger partial charge in [0, 0.05) is 0 Å². The summed E-state index contributed by atoms with van der Waals surface area (Å²) in [6.45, 7) is 0.177. The molecule has 118 valence electrons. The molecule has 2 saturated heterocycles. The minimum atomic E-state index is -3.20. The number of thiol groups is 1. The van der Waals surface area contributed by atoms with Crippen molar-refractivity contribution in [3.8, 4) is 0 Å². The van der Waals surface area contributed by atoms with Gasteiger partial charge in [0.1, 0.15) is 0 Å². The molecule has 0 saturated carbocycles. The van der Waals surface area contributed by atoms with Crippen LogP contribution in [0.4, 0.5) is 0 Å². The van der Waals surface area contributed by atoms with Crippen LogP contribution in [0.15, 0.2) is 17.7 Å². The first kappa shape index (κ1) is 14.8. The van der Waals surface area contributed by atoms with E-state index in [1.54, 1.807) is 4.57 Å². The number of aliphatic hydroxyl groups excluding tert-OH is 1. The van der Waals surface area contributed by atoms with Crippen LogP contribution in [-0.4, -0.2) is 62.0 Å². The van der Waals surface area contributed by atoms with Crippen LogP contribution < -0.4 is 0 Å². The molecule has 22 heavy (non-hydrogen) atoms. The van der Waals surface area contributed by atoms with Gasteiger partial charge in [-0.3, -0.25) is 0 Å². The summed E-state index contributed by atoms with van der Waals surface area (Å²) in [5.74, 6) is 0. The second-order valence-electron chi connectivity index (χ2n) is 5.37. The Hall–Kier alpha value is -0.805. The van der Waals surface area contributed by atoms with Crippen LogP contribution in [0, 0.1) is 0 Å². The van der Waals surface area contributed by atoms with Crippen molar-refractivity contribution in [3.05, 3.63) is 12.7 Å². The average Bonchev–Trinajstić information content (AvgIpc) is 3.01. The van der Waals surface area contributed by atoms with Gasteiger partial charge in [-0.2, -0.15) is 0 Å². The molecule has 4 atom stereocenters. The summed E-state index contributed by atoms with van der Waals surface area (Å²) in [5, 5.41) is 11.0. The maximum absolute atomic E-state index is 10.5. The topological polar surface area (TPSA) is 112 Å². The van der Waals surface area contributed by atoms with Crippen molar-refractivity contribution in [2.45, 2.75) is 29.6 Å². The molecule has 0 bridgehead atoms. The van der Waals surface area contributed by atoms with Crippen LogP contribution in [-0.2, 0) is 13.8 Å². The molecule has 0 aromatic carbocycles. The molecule has 0 amide bonds. The third-order valence-electron chi connectivity index (χ3n) is 3.79. The van der Waals surface area contributed by atoms with Gasteiger partial charge in [0.2, 0.25) is 0 Å². The molecule has 2 aliphatic heterocycles. The zero-order chi connectivity index (χ0) is 15.5. The molecule has 0 aliphatic carbocycles. The van der Waals surface area contributed by atoms with E-state index in [1.807, 2.05) is 0 Å². The van der Waals surface area contributed by atoms with Crippen LogP contribution in [0.25, 0.3) is 11.2 Å². The fourth-order valence-electron chi connectivity index (χ4n) is 2.78. The number of hydrogen-bond acceptors (Lipinski definition) is 9. The molecule has 2 fully saturated rings. The zero-order valence-corrected chi connectivity index (χ0v) is 13.4. The molecule has 12 heteroatoms. The van der Waals surface area contributed by atoms with Crippen molar-refractivity contribution < 1.29 is 23.8 Å². The second kappa shape index (κ2) is 5.10. The minimum absolute atomic E-state index is 0.177. The van der Waals surface area contributed by atoms with Crippen molar-refractivity contribution in [1.29, 1.82) is 0 Å². The SMILES string of the molecule is B[PH]1(O)OC[C@H]2O[C@@H](n3cnc4c(S)ncnc43)C(O)[C@@H]2O1. The van der Waals surface area contributed by atoms with E-state index in [0.717, 1.165) is 0 Å². The number of aromatic nitrogens is 4. The Bertz CT molecular complexity index is 732. The predicted molar refractivity (Wildman–Crippen MR) is 82.4 cm³/mol. The monoisotopic (exact) mass is 344 g/mol. The van der Waals surface area contributed by atoms with Crippen LogP contribution in [0.2, 0.25) is 0 Å². The fourth-order valence-corrected chi connectivity index (χ4v) is 4.33. The summed E-state index contributed by atoms with van der Waals surface area (Å²) in [4.78, 5) is 22.3. The molecule has 4 heterocycles. The van der Waals surface area contributed by atoms with E-state index in [4.69, 9.17) is 13.8 Å². The number of aliphatic hydroxyl groups is 1. The van der Waals surface area contributed by atoms with E-state index in [-0.39, 0.29) is 6.61 Å². The Labute approximate surface area is 132 Å². The molecule has 2 aromatic rings. The number of imidazole rings is 1. The number of ether oxygens (including phenoxy) is 1. The summed E-state index contributed by atoms with van der Waals surface area (Å²) < 4.78 is 18.2. The molecular formula is C10H14BN4O5PS. The zero-order valence-electron chi connectivity index (χ0n) is 11.5. The summed E-state index contributed by atoms with van der Waals surface area (Å²) in [6.07, 6.45) is 0.0883. The van der Waals surface area contributed by atoms with E-state index < -0.39 is 32.4 Å². The van der Waals surface area contributed by atoms with E-state index in [9.17, 15) is 10.00 Å². The van der Waals surface area contributed by atoms with Gasteiger partial charge < -0.3 is 0 Å². The maximum atomic E-state index is 10.5. The standard InChI is InChI=1S/C10H14BN4O5PS/c11-21(17)18-1-4-7(20-21)6(16)10(19-4)15-3-14-5-8(15)12-2-13-9(5)22/h2-4,6-7,10,16-17,21H,1,11H2,(H,12,13,22)/t4-,6?,7-,10-/m1/s1. The second-order valence-corrected chi connectivity index (χ2v) is 8.11. The average molecular weight is 344 g/mol. The Morgan fingerprint density at radius 1 is 1.41 bits per heavy atom. The Morgan fingerprint density at radius 2 is 2.23 bits per heavy atom. The number of rotatable bonds is 1. The molecule has 2 aromatic heterocycles. The van der Waals surface area contributed by atoms with Gasteiger partial charge in [0.25, 0.3) is 0 Å². The van der Waals surface area contributed by atoms with Gasteiger partial charge in [-0.25, -0.2) is 0 Å². The van der Waals surface area contributed by atoms with Crippen molar-refractivity contribution in [1.82, 2.24) is 19.5 Å². The summed E-state index contributed by atoms with van der Waals surface area (Å²) >= 11 is 4.23. The Morgan fingerprint density at radius 3 is 3.05 bits per heavy atom. The summed E-state index contributed by atoms with van der Waals surface area (Å²) in [5.41, 5.74) is 1.03. The van der Waals surface area contributed by atoms with Crippen molar-refractivity contribution in [2.24, 2.45) is 0 Å². The third kappa shape index (κ3) is 2.25. The first-order valence-corrected chi connectivity index (χ1v) is 9.41. The van der Waals surface area contributed by atoms with Gasteiger partial charge >= 0.3 is 131 Å². The van der Waals surface area contributed by atoms with Crippen molar-refractivity contribution in [2.75, 3.05) is 6.61 Å². The quantitative estimate of drug-likeness (QED) is 0.257. The third-order valence-corrected chi connectivity index (χ3v) is 5.53. The molecule has 9 nitrogen and oxygen atoms in total. The Balaban J connectivity index is 1.70. The molecule has 0 spiro atoms. The van der Waals surface area contributed by atoms with Gasteiger partial charge in [-0.1, -0.05) is 0 Å². The van der Waals surface area contributed by atoms with Gasteiger partial charge in [-0.15, -0.1) is 0 Å². The van der Waals surface area contributed by atoms with E-state index in [0.29, 0.717) is 16.2 Å². The van der Waals surface area contributed by atoms with Gasteiger partial charge in [-0.05, 0) is 0 Å². The normalized spacial score (nSPS) is 35.4. The van der Waals surface area contributed by atoms with E-state index >= 15 is 0 Å². The number of fused-ring (bicyclic) bond motifs is 2. The Kier molecular flexibility index (Phi) is 3.42. The molecule has 0 radical (unpaired) electrons. The van der Waals surface area contributed by atoms with Crippen molar-refractivity contribution in [3.63, 3.8) is 0 Å². The molecule has 1 unspecified atom stereocenters. The van der Waals surface area contributed by atoms with Gasteiger partial charge in [0.15, 0.2) is 0 Å².